The molecule has 1 aromatic carbocycles. The number of benzene rings is 1. The Labute approximate surface area is 107 Å². The summed E-state index contributed by atoms with van der Waals surface area (Å²) in [7, 11) is 1.87. The lowest BCUT2D eigenvalue weighted by Crippen LogP contribution is -2.32. The van der Waals surface area contributed by atoms with Crippen LogP contribution in [0.1, 0.15) is 29.3 Å². The van der Waals surface area contributed by atoms with Crippen LogP contribution in [0.5, 0.6) is 0 Å². The SMILES string of the molecule is CCc1ccc2c(c1)C(=O)C(=O)N2CCCNC. The molecule has 0 saturated carbocycles. The number of ketones is 1. The number of Topliss-reactive ketones (excluding diaryl/α,β-unsaturated/α-hetero) is 1. The van der Waals surface area contributed by atoms with Crippen molar-refractivity contribution in [3.63, 3.8) is 0 Å². The van der Waals surface area contributed by atoms with Gasteiger partial charge in [-0.1, -0.05) is 13.0 Å². The number of aryl methyl sites for hydroxylation is 1. The van der Waals surface area contributed by atoms with Crippen molar-refractivity contribution in [2.75, 3.05) is 25.0 Å². The molecule has 0 spiro atoms. The molecule has 0 radical (unpaired) electrons. The number of carbonyl (C=O) groups excluding carboxylic acids is 2. The average molecular weight is 246 g/mol. The van der Waals surface area contributed by atoms with Crippen LogP contribution >= 0.6 is 0 Å². The van der Waals surface area contributed by atoms with Crippen LogP contribution in [0.3, 0.4) is 0 Å². The number of hydrogen-bond acceptors (Lipinski definition) is 3. The minimum Gasteiger partial charge on any atom is -0.320 e. The molecule has 96 valence electrons. The molecule has 18 heavy (non-hydrogen) atoms. The molecule has 0 saturated heterocycles. The zero-order valence-corrected chi connectivity index (χ0v) is 10.8. The molecular formula is C14H18N2O2. The summed E-state index contributed by atoms with van der Waals surface area (Å²) in [4.78, 5) is 25.4. The van der Waals surface area contributed by atoms with Gasteiger partial charge in [0.05, 0.1) is 11.3 Å². The fourth-order valence-corrected chi connectivity index (χ4v) is 2.20. The summed E-state index contributed by atoms with van der Waals surface area (Å²) in [5.41, 5.74) is 2.41. The lowest BCUT2D eigenvalue weighted by atomic mass is 10.1. The van der Waals surface area contributed by atoms with E-state index in [4.69, 9.17) is 0 Å². The van der Waals surface area contributed by atoms with Gasteiger partial charge >= 0.3 is 0 Å². The van der Waals surface area contributed by atoms with Crippen LogP contribution in [0.15, 0.2) is 18.2 Å². The molecule has 0 atom stereocenters. The van der Waals surface area contributed by atoms with Crippen LogP contribution < -0.4 is 10.2 Å². The zero-order valence-electron chi connectivity index (χ0n) is 10.8. The predicted molar refractivity (Wildman–Crippen MR) is 71.0 cm³/mol. The molecule has 0 bridgehead atoms. The van der Waals surface area contributed by atoms with Gasteiger partial charge in [0.1, 0.15) is 0 Å². The highest BCUT2D eigenvalue weighted by atomic mass is 16.2. The highest BCUT2D eigenvalue weighted by Gasteiger charge is 2.35. The van der Waals surface area contributed by atoms with E-state index in [0.29, 0.717) is 12.1 Å². The first-order valence-electron chi connectivity index (χ1n) is 6.32. The Bertz CT molecular complexity index is 483. The molecule has 0 aliphatic carbocycles. The van der Waals surface area contributed by atoms with Gasteiger partial charge in [0, 0.05) is 6.54 Å². The molecule has 4 heteroatoms. The number of amides is 1. The van der Waals surface area contributed by atoms with Crippen LogP contribution in [0.4, 0.5) is 5.69 Å². The fraction of sp³-hybridized carbons (Fsp3) is 0.429. The summed E-state index contributed by atoms with van der Waals surface area (Å²) in [6.45, 7) is 3.46. The fourth-order valence-electron chi connectivity index (χ4n) is 2.20. The molecule has 1 amide bonds. The monoisotopic (exact) mass is 246 g/mol. The third kappa shape index (κ3) is 2.16. The normalized spacial score (nSPS) is 14.2. The van der Waals surface area contributed by atoms with Crippen LogP contribution in [0, 0.1) is 0 Å². The van der Waals surface area contributed by atoms with E-state index < -0.39 is 5.91 Å². The lowest BCUT2D eigenvalue weighted by Gasteiger charge is -2.16. The van der Waals surface area contributed by atoms with Gasteiger partial charge in [-0.2, -0.15) is 0 Å². The second-order valence-electron chi connectivity index (χ2n) is 4.45. The molecule has 1 aliphatic rings. The summed E-state index contributed by atoms with van der Waals surface area (Å²) in [5, 5.41) is 3.04. The number of fused-ring (bicyclic) bond motifs is 1. The first-order valence-corrected chi connectivity index (χ1v) is 6.32. The van der Waals surface area contributed by atoms with Crippen LogP contribution in [-0.4, -0.2) is 31.8 Å². The van der Waals surface area contributed by atoms with E-state index >= 15 is 0 Å². The summed E-state index contributed by atoms with van der Waals surface area (Å²) in [6, 6.07) is 5.71. The number of nitrogens with one attached hydrogen (secondary N) is 1. The van der Waals surface area contributed by atoms with Gasteiger partial charge in [0.2, 0.25) is 0 Å². The van der Waals surface area contributed by atoms with E-state index in [2.05, 4.69) is 5.32 Å². The van der Waals surface area contributed by atoms with Gasteiger partial charge in [-0.15, -0.1) is 0 Å². The van der Waals surface area contributed by atoms with Crippen molar-refractivity contribution < 1.29 is 9.59 Å². The van der Waals surface area contributed by atoms with E-state index in [0.717, 1.165) is 30.6 Å². The van der Waals surface area contributed by atoms with Crippen LogP contribution in [0.25, 0.3) is 0 Å². The summed E-state index contributed by atoms with van der Waals surface area (Å²) >= 11 is 0. The van der Waals surface area contributed by atoms with Gasteiger partial charge in [-0.05, 0) is 44.1 Å². The largest absolute Gasteiger partial charge is 0.320 e. The molecule has 2 rings (SSSR count). The van der Waals surface area contributed by atoms with Crippen molar-refractivity contribution in [1.82, 2.24) is 5.32 Å². The predicted octanol–water partition coefficient (Wildman–Crippen LogP) is 1.39. The maximum atomic E-state index is 11.9. The standard InChI is InChI=1S/C14H18N2O2/c1-3-10-5-6-12-11(9-10)13(17)14(18)16(12)8-4-7-15-2/h5-6,9,15H,3-4,7-8H2,1-2H3. The maximum absolute atomic E-state index is 11.9. The van der Waals surface area contributed by atoms with Gasteiger partial charge in [0.25, 0.3) is 11.7 Å². The Morgan fingerprint density at radius 1 is 1.28 bits per heavy atom. The first kappa shape index (κ1) is 12.8. The minimum absolute atomic E-state index is 0.371. The van der Waals surface area contributed by atoms with Gasteiger partial charge in [0.15, 0.2) is 0 Å². The number of hydrogen-bond donors (Lipinski definition) is 1. The zero-order chi connectivity index (χ0) is 13.1. The Hall–Kier alpha value is -1.68. The molecule has 1 aromatic rings. The molecule has 1 aliphatic heterocycles. The van der Waals surface area contributed by atoms with E-state index in [1.165, 1.54) is 0 Å². The smallest absolute Gasteiger partial charge is 0.299 e. The number of carbonyl (C=O) groups is 2. The van der Waals surface area contributed by atoms with Crippen molar-refractivity contribution in [1.29, 1.82) is 0 Å². The van der Waals surface area contributed by atoms with Gasteiger partial charge in [-0.25, -0.2) is 0 Å². The molecule has 0 fully saturated rings. The van der Waals surface area contributed by atoms with E-state index in [-0.39, 0.29) is 5.78 Å². The van der Waals surface area contributed by atoms with Crippen molar-refractivity contribution in [3.05, 3.63) is 29.3 Å². The first-order chi connectivity index (χ1) is 8.69. The van der Waals surface area contributed by atoms with Gasteiger partial charge in [-0.3, -0.25) is 9.59 Å². The quantitative estimate of drug-likeness (QED) is 0.631. The van der Waals surface area contributed by atoms with Crippen molar-refractivity contribution in [2.24, 2.45) is 0 Å². The van der Waals surface area contributed by atoms with Crippen LogP contribution in [0.2, 0.25) is 0 Å². The molecule has 1 N–H and O–H groups in total. The van der Waals surface area contributed by atoms with E-state index in [1.807, 2.05) is 32.2 Å². The van der Waals surface area contributed by atoms with E-state index in [9.17, 15) is 9.59 Å². The highest BCUT2D eigenvalue weighted by molar-refractivity contribution is 6.52. The molecular weight excluding hydrogens is 228 g/mol. The minimum atomic E-state index is -0.394. The third-order valence-electron chi connectivity index (χ3n) is 3.25. The van der Waals surface area contributed by atoms with Crippen molar-refractivity contribution in [2.45, 2.75) is 19.8 Å². The summed E-state index contributed by atoms with van der Waals surface area (Å²) in [6.07, 6.45) is 1.71. The van der Waals surface area contributed by atoms with Crippen LogP contribution in [-0.2, 0) is 11.2 Å². The van der Waals surface area contributed by atoms with Crippen molar-refractivity contribution in [3.8, 4) is 0 Å². The number of nitrogens with zero attached hydrogens (tertiary/aromatic N) is 1. The molecule has 1 heterocycles. The average Bonchev–Trinajstić information content (AvgIpc) is 2.63. The third-order valence-corrected chi connectivity index (χ3v) is 3.25. The maximum Gasteiger partial charge on any atom is 0.299 e. The number of anilines is 1. The van der Waals surface area contributed by atoms with E-state index in [1.54, 1.807) is 4.90 Å². The summed E-state index contributed by atoms with van der Waals surface area (Å²) < 4.78 is 0. The van der Waals surface area contributed by atoms with Gasteiger partial charge < -0.3 is 10.2 Å². The highest BCUT2D eigenvalue weighted by Crippen LogP contribution is 2.29. The molecule has 0 unspecified atom stereocenters. The Morgan fingerprint density at radius 3 is 2.72 bits per heavy atom. The summed E-state index contributed by atoms with van der Waals surface area (Å²) in [5.74, 6) is -0.765. The lowest BCUT2D eigenvalue weighted by molar-refractivity contribution is -0.114. The second-order valence-corrected chi connectivity index (χ2v) is 4.45. The molecule has 4 nitrogen and oxygen atoms in total. The Morgan fingerprint density at radius 2 is 2.06 bits per heavy atom. The topological polar surface area (TPSA) is 49.4 Å². The second kappa shape index (κ2) is 5.31. The van der Waals surface area contributed by atoms with Crippen molar-refractivity contribution >= 4 is 17.4 Å². The number of rotatable bonds is 5. The molecule has 0 aromatic heterocycles. The Kier molecular flexibility index (Phi) is 3.77. The Balaban J connectivity index is 2.26.